The molecule has 0 aliphatic carbocycles. The van der Waals surface area contributed by atoms with E-state index in [2.05, 4.69) is 9.72 Å². The molecule has 17 heavy (non-hydrogen) atoms. The number of aromatic nitrogens is 1. The fourth-order valence-corrected chi connectivity index (χ4v) is 1.68. The molecule has 0 bridgehead atoms. The molecule has 5 heteroatoms. The van der Waals surface area contributed by atoms with Crippen LogP contribution in [0.25, 0.3) is 10.9 Å². The lowest BCUT2D eigenvalue weighted by molar-refractivity contribution is 0.0602. The quantitative estimate of drug-likeness (QED) is 0.489. The number of H-pyrrole nitrogens is 1. The van der Waals surface area contributed by atoms with Gasteiger partial charge in [0.1, 0.15) is 0 Å². The predicted molar refractivity (Wildman–Crippen MR) is 59.7 cm³/mol. The number of carbonyl (C=O) groups is 2. The Balaban J connectivity index is 2.68. The monoisotopic (exact) mass is 230 g/mol. The molecule has 0 amide bonds. The summed E-state index contributed by atoms with van der Waals surface area (Å²) in [6.07, 6.45) is 2.68. The number of carbonyl (C=O) groups excluding carboxylic acids is 3. The van der Waals surface area contributed by atoms with Crippen LogP contribution in [0.5, 0.6) is 0 Å². The van der Waals surface area contributed by atoms with Crippen LogP contribution in [0.2, 0.25) is 0 Å². The summed E-state index contributed by atoms with van der Waals surface area (Å²) >= 11 is 0. The number of hydrogen-bond donors (Lipinski definition) is 1. The summed E-state index contributed by atoms with van der Waals surface area (Å²) in [6, 6.07) is 4.83. The maximum atomic E-state index is 11.5. The highest BCUT2D eigenvalue weighted by atomic mass is 16.5. The maximum Gasteiger partial charge on any atom is 0.339 e. The molecule has 2 aromatic rings. The number of ether oxygens (including phenoxy) is 1. The van der Waals surface area contributed by atoms with E-state index in [0.29, 0.717) is 16.5 Å². The Morgan fingerprint density at radius 2 is 2.06 bits per heavy atom. The topological polar surface area (TPSA) is 76.2 Å². The first-order valence-electron chi connectivity index (χ1n) is 4.80. The number of ketones is 1. The number of esters is 1. The first-order valence-corrected chi connectivity index (χ1v) is 4.80. The maximum absolute atomic E-state index is 11.5. The lowest BCUT2D eigenvalue weighted by atomic mass is 10.1. The van der Waals surface area contributed by atoms with Gasteiger partial charge >= 0.3 is 5.97 Å². The van der Waals surface area contributed by atoms with Gasteiger partial charge < -0.3 is 9.72 Å². The average molecular weight is 230 g/mol. The fourth-order valence-electron chi connectivity index (χ4n) is 1.68. The van der Waals surface area contributed by atoms with E-state index < -0.39 is 11.8 Å². The van der Waals surface area contributed by atoms with E-state index in [1.165, 1.54) is 19.6 Å². The fraction of sp³-hybridized carbons (Fsp3) is 0.0833. The van der Waals surface area contributed by atoms with Gasteiger partial charge in [-0.15, -0.1) is 0 Å². The van der Waals surface area contributed by atoms with Gasteiger partial charge in [-0.2, -0.15) is 0 Å². The van der Waals surface area contributed by atoms with Crippen LogP contribution in [0.15, 0.2) is 24.4 Å². The van der Waals surface area contributed by atoms with Crippen molar-refractivity contribution in [1.82, 2.24) is 4.98 Å². The highest BCUT2D eigenvalue weighted by Crippen LogP contribution is 2.22. The van der Waals surface area contributed by atoms with E-state index in [4.69, 9.17) is 0 Å². The zero-order valence-electron chi connectivity index (χ0n) is 8.94. The molecule has 1 aromatic carbocycles. The molecule has 85 valence electrons. The average Bonchev–Trinajstić information content (AvgIpc) is 2.80. The summed E-state index contributed by atoms with van der Waals surface area (Å²) in [7, 11) is 1.27. The molecule has 1 aromatic heterocycles. The van der Waals surface area contributed by atoms with Crippen LogP contribution in [0.4, 0.5) is 0 Å². The predicted octanol–water partition coefficient (Wildman–Crippen LogP) is 1.25. The molecule has 0 saturated heterocycles. The molecule has 1 heterocycles. The summed E-state index contributed by atoms with van der Waals surface area (Å²) in [5.74, 6) is -1.26. The second-order valence-corrected chi connectivity index (χ2v) is 3.35. The number of fused-ring (bicyclic) bond motifs is 1. The summed E-state index contributed by atoms with van der Waals surface area (Å²) in [6.45, 7) is 0. The first kappa shape index (κ1) is 11.1. The van der Waals surface area contributed by atoms with Crippen molar-refractivity contribution in [2.75, 3.05) is 7.11 Å². The number of methoxy groups -OCH3 is 1. The minimum atomic E-state index is -0.752. The molecule has 0 atom stereocenters. The SMILES string of the molecule is COC(=O)c1cccc2c(C(=O)[C]=O)c[nH]c12. The first-order chi connectivity index (χ1) is 8.19. The molecule has 0 unspecified atom stereocenters. The molecule has 0 aliphatic heterocycles. The van der Waals surface area contributed by atoms with Crippen LogP contribution in [-0.2, 0) is 9.53 Å². The highest BCUT2D eigenvalue weighted by molar-refractivity contribution is 6.36. The zero-order chi connectivity index (χ0) is 12.4. The summed E-state index contributed by atoms with van der Waals surface area (Å²) in [5, 5.41) is 0.501. The summed E-state index contributed by atoms with van der Waals surface area (Å²) in [4.78, 5) is 35.9. The van der Waals surface area contributed by atoms with Gasteiger partial charge in [0, 0.05) is 11.6 Å². The van der Waals surface area contributed by atoms with Crippen molar-refractivity contribution in [2.45, 2.75) is 0 Å². The molecule has 0 aliphatic rings. The normalized spacial score (nSPS) is 10.2. The van der Waals surface area contributed by atoms with Gasteiger partial charge in [-0.1, -0.05) is 12.1 Å². The van der Waals surface area contributed by atoms with Gasteiger partial charge in [-0.05, 0) is 6.07 Å². The van der Waals surface area contributed by atoms with Crippen LogP contribution < -0.4 is 0 Å². The van der Waals surface area contributed by atoms with Crippen molar-refractivity contribution >= 4 is 28.9 Å². The number of benzene rings is 1. The van der Waals surface area contributed by atoms with E-state index in [1.54, 1.807) is 18.2 Å². The van der Waals surface area contributed by atoms with E-state index >= 15 is 0 Å². The van der Waals surface area contributed by atoms with Crippen molar-refractivity contribution in [1.29, 1.82) is 0 Å². The largest absolute Gasteiger partial charge is 0.465 e. The third-order valence-corrected chi connectivity index (χ3v) is 2.46. The molecule has 2 rings (SSSR count). The van der Waals surface area contributed by atoms with Crippen LogP contribution in [0.1, 0.15) is 20.7 Å². The smallest absolute Gasteiger partial charge is 0.339 e. The van der Waals surface area contributed by atoms with Gasteiger partial charge in [0.25, 0.3) is 6.29 Å². The van der Waals surface area contributed by atoms with Crippen molar-refractivity contribution in [3.8, 4) is 0 Å². The number of rotatable bonds is 3. The second kappa shape index (κ2) is 4.21. The Morgan fingerprint density at radius 3 is 2.71 bits per heavy atom. The van der Waals surface area contributed by atoms with Crippen LogP contribution in [0, 0.1) is 0 Å². The van der Waals surface area contributed by atoms with E-state index in [0.717, 1.165) is 0 Å². The highest BCUT2D eigenvalue weighted by Gasteiger charge is 2.16. The van der Waals surface area contributed by atoms with Gasteiger partial charge in [0.05, 0.1) is 23.8 Å². The summed E-state index contributed by atoms with van der Waals surface area (Å²) < 4.78 is 4.62. The Morgan fingerprint density at radius 1 is 1.29 bits per heavy atom. The molecule has 5 nitrogen and oxygen atoms in total. The van der Waals surface area contributed by atoms with E-state index in [-0.39, 0.29) is 5.56 Å². The Hall–Kier alpha value is -2.43. The molecule has 0 fully saturated rings. The van der Waals surface area contributed by atoms with Crippen LogP contribution in [0.3, 0.4) is 0 Å². The minimum Gasteiger partial charge on any atom is -0.465 e. The van der Waals surface area contributed by atoms with Crippen molar-refractivity contribution < 1.29 is 19.1 Å². The number of Topliss-reactive ketones (excluding diaryl/α,β-unsaturated/α-hetero) is 1. The number of nitrogens with one attached hydrogen (secondary N) is 1. The Bertz CT molecular complexity index is 612. The number of hydrogen-bond acceptors (Lipinski definition) is 4. The third-order valence-electron chi connectivity index (χ3n) is 2.46. The lowest BCUT2D eigenvalue weighted by Gasteiger charge is -2.00. The lowest BCUT2D eigenvalue weighted by Crippen LogP contribution is -2.02. The molecular weight excluding hydrogens is 222 g/mol. The van der Waals surface area contributed by atoms with Crippen LogP contribution in [-0.4, -0.2) is 30.1 Å². The summed E-state index contributed by atoms with van der Waals surface area (Å²) in [5.41, 5.74) is 0.980. The number of aromatic amines is 1. The molecule has 1 N–H and O–H groups in total. The van der Waals surface area contributed by atoms with Gasteiger partial charge in [0.2, 0.25) is 5.78 Å². The molecular formula is C12H8NO4. The minimum absolute atomic E-state index is 0.195. The second-order valence-electron chi connectivity index (χ2n) is 3.35. The van der Waals surface area contributed by atoms with Gasteiger partial charge in [-0.3, -0.25) is 9.59 Å². The van der Waals surface area contributed by atoms with Gasteiger partial charge in [-0.25, -0.2) is 4.79 Å². The Kier molecular flexibility index (Phi) is 2.74. The van der Waals surface area contributed by atoms with Gasteiger partial charge in [0.15, 0.2) is 0 Å². The van der Waals surface area contributed by atoms with Crippen molar-refractivity contribution in [2.24, 2.45) is 0 Å². The van der Waals surface area contributed by atoms with E-state index in [1.807, 2.05) is 0 Å². The molecule has 0 spiro atoms. The van der Waals surface area contributed by atoms with Crippen molar-refractivity contribution in [3.63, 3.8) is 0 Å². The molecule has 0 saturated carbocycles. The van der Waals surface area contributed by atoms with Crippen molar-refractivity contribution in [3.05, 3.63) is 35.5 Å². The third kappa shape index (κ3) is 1.71. The molecule has 1 radical (unpaired) electrons. The van der Waals surface area contributed by atoms with Crippen LogP contribution >= 0.6 is 0 Å². The van der Waals surface area contributed by atoms with E-state index in [9.17, 15) is 14.4 Å². The standard InChI is InChI=1S/C12H8NO4/c1-17-12(16)8-4-2-3-7-9(10(15)6-14)5-13-11(7)8/h2-5,13H,1H3. The Labute approximate surface area is 96.4 Å². The number of para-hydroxylation sites is 1. The zero-order valence-corrected chi connectivity index (χ0v) is 8.94.